The summed E-state index contributed by atoms with van der Waals surface area (Å²) in [5.74, 6) is 0. The molecule has 0 aliphatic carbocycles. The van der Waals surface area contributed by atoms with Crippen LogP contribution in [0.3, 0.4) is 0 Å². The lowest BCUT2D eigenvalue weighted by atomic mass is 10.2. The lowest BCUT2D eigenvalue weighted by Gasteiger charge is -2.09. The maximum absolute atomic E-state index is 11.8. The van der Waals surface area contributed by atoms with Crippen LogP contribution in [0.2, 0.25) is 0 Å². The number of nitrogens with one attached hydrogen (secondary N) is 3. The molecule has 0 radical (unpaired) electrons. The monoisotopic (exact) mass is 313 g/mol. The van der Waals surface area contributed by atoms with Crippen molar-refractivity contribution in [2.24, 2.45) is 0 Å². The number of carbonyl (C=O) groups is 2. The number of benzene rings is 2. The highest BCUT2D eigenvalue weighted by atomic mass is 16.5. The predicted octanol–water partition coefficient (Wildman–Crippen LogP) is 3.50. The Morgan fingerprint density at radius 2 is 1.48 bits per heavy atom. The van der Waals surface area contributed by atoms with E-state index < -0.39 is 6.09 Å². The largest absolute Gasteiger partial charge is 0.453 e. The fraction of sp³-hybridized carbons (Fsp3) is 0.176. The highest BCUT2D eigenvalue weighted by Crippen LogP contribution is 2.10. The summed E-state index contributed by atoms with van der Waals surface area (Å²) in [7, 11) is 1.31. The normalized spacial score (nSPS) is 9.83. The van der Waals surface area contributed by atoms with E-state index in [0.29, 0.717) is 12.2 Å². The van der Waals surface area contributed by atoms with Gasteiger partial charge in [0.25, 0.3) is 0 Å². The quantitative estimate of drug-likeness (QED) is 0.808. The Labute approximate surface area is 134 Å². The molecule has 0 bridgehead atoms. The Morgan fingerprint density at radius 3 is 2.09 bits per heavy atom. The first-order valence-electron chi connectivity index (χ1n) is 7.12. The van der Waals surface area contributed by atoms with Crippen molar-refractivity contribution in [3.63, 3.8) is 0 Å². The molecule has 0 atom stereocenters. The molecule has 3 N–H and O–H groups in total. The molecule has 3 amide bonds. The molecule has 2 rings (SSSR count). The maximum atomic E-state index is 11.8. The lowest BCUT2D eigenvalue weighted by Crippen LogP contribution is -2.28. The van der Waals surface area contributed by atoms with Crippen molar-refractivity contribution in [3.8, 4) is 0 Å². The van der Waals surface area contributed by atoms with Crippen molar-refractivity contribution in [2.45, 2.75) is 13.5 Å². The smallest absolute Gasteiger partial charge is 0.411 e. The number of amides is 3. The van der Waals surface area contributed by atoms with Gasteiger partial charge in [-0.25, -0.2) is 9.59 Å². The molecule has 0 unspecified atom stereocenters. The molecule has 2 aromatic rings. The van der Waals surface area contributed by atoms with Crippen molar-refractivity contribution in [3.05, 3.63) is 59.7 Å². The zero-order valence-electron chi connectivity index (χ0n) is 13.1. The summed E-state index contributed by atoms with van der Waals surface area (Å²) in [4.78, 5) is 22.9. The zero-order chi connectivity index (χ0) is 16.7. The number of aryl methyl sites for hydroxylation is 1. The van der Waals surface area contributed by atoms with Crippen molar-refractivity contribution in [2.75, 3.05) is 17.7 Å². The molecular formula is C17H19N3O3. The summed E-state index contributed by atoms with van der Waals surface area (Å²) in [5.41, 5.74) is 3.42. The zero-order valence-corrected chi connectivity index (χ0v) is 13.1. The van der Waals surface area contributed by atoms with Gasteiger partial charge in [-0.15, -0.1) is 0 Å². The van der Waals surface area contributed by atoms with E-state index in [9.17, 15) is 9.59 Å². The topological polar surface area (TPSA) is 79.5 Å². The van der Waals surface area contributed by atoms with E-state index >= 15 is 0 Å². The van der Waals surface area contributed by atoms with Gasteiger partial charge >= 0.3 is 12.1 Å². The average Bonchev–Trinajstić information content (AvgIpc) is 2.56. The summed E-state index contributed by atoms with van der Waals surface area (Å²) < 4.78 is 4.51. The van der Waals surface area contributed by atoms with Crippen LogP contribution in [-0.4, -0.2) is 19.2 Å². The van der Waals surface area contributed by atoms with Crippen molar-refractivity contribution in [1.29, 1.82) is 0 Å². The second-order valence-corrected chi connectivity index (χ2v) is 4.99. The number of urea groups is 1. The number of rotatable bonds is 4. The minimum absolute atomic E-state index is 0.273. The van der Waals surface area contributed by atoms with Crippen molar-refractivity contribution in [1.82, 2.24) is 5.32 Å². The number of ether oxygens (including phenoxy) is 1. The van der Waals surface area contributed by atoms with Gasteiger partial charge in [-0.3, -0.25) is 5.32 Å². The van der Waals surface area contributed by atoms with E-state index in [0.717, 1.165) is 16.8 Å². The first-order chi connectivity index (χ1) is 11.1. The van der Waals surface area contributed by atoms with Gasteiger partial charge in [0.15, 0.2) is 0 Å². The van der Waals surface area contributed by atoms with E-state index in [4.69, 9.17) is 0 Å². The summed E-state index contributed by atoms with van der Waals surface area (Å²) in [6.45, 7) is 2.37. The third-order valence-corrected chi connectivity index (χ3v) is 3.15. The third-order valence-electron chi connectivity index (χ3n) is 3.15. The molecule has 0 aliphatic rings. The number of hydrogen-bond acceptors (Lipinski definition) is 3. The molecule has 6 heteroatoms. The van der Waals surface area contributed by atoms with Crippen molar-refractivity contribution < 1.29 is 14.3 Å². The number of methoxy groups -OCH3 is 1. The van der Waals surface area contributed by atoms with E-state index in [1.54, 1.807) is 12.1 Å². The van der Waals surface area contributed by atoms with Gasteiger partial charge in [-0.2, -0.15) is 0 Å². The fourth-order valence-electron chi connectivity index (χ4n) is 1.87. The van der Waals surface area contributed by atoms with E-state index in [1.165, 1.54) is 7.11 Å². The Hall–Kier alpha value is -3.02. The van der Waals surface area contributed by atoms with Gasteiger partial charge in [0.1, 0.15) is 0 Å². The van der Waals surface area contributed by atoms with Gasteiger partial charge in [0.2, 0.25) is 0 Å². The first kappa shape index (κ1) is 16.4. The summed E-state index contributed by atoms with van der Waals surface area (Å²) in [5, 5.41) is 8.09. The van der Waals surface area contributed by atoms with Crippen LogP contribution < -0.4 is 16.0 Å². The van der Waals surface area contributed by atoms with Crippen LogP contribution in [-0.2, 0) is 11.3 Å². The molecule has 6 nitrogen and oxygen atoms in total. The Bertz CT molecular complexity index is 666. The van der Waals surface area contributed by atoms with Crippen LogP contribution >= 0.6 is 0 Å². The predicted molar refractivity (Wildman–Crippen MR) is 89.5 cm³/mol. The molecule has 23 heavy (non-hydrogen) atoms. The molecule has 0 spiro atoms. The van der Waals surface area contributed by atoms with Crippen LogP contribution in [0, 0.1) is 6.92 Å². The van der Waals surface area contributed by atoms with Crippen LogP contribution in [0.4, 0.5) is 21.0 Å². The van der Waals surface area contributed by atoms with Crippen LogP contribution in [0.1, 0.15) is 11.1 Å². The average molecular weight is 313 g/mol. The Morgan fingerprint density at radius 1 is 0.913 bits per heavy atom. The number of carbonyl (C=O) groups excluding carboxylic acids is 2. The molecule has 120 valence electrons. The standard InChI is InChI=1S/C17H19N3O3/c1-12-3-7-14(8-4-12)19-16(21)18-11-13-5-9-15(10-6-13)20-17(22)23-2/h3-10H,11H2,1-2H3,(H,20,22)(H2,18,19,21). The minimum Gasteiger partial charge on any atom is -0.453 e. The molecule has 0 saturated heterocycles. The lowest BCUT2D eigenvalue weighted by molar-refractivity contribution is 0.187. The molecule has 0 saturated carbocycles. The second-order valence-electron chi connectivity index (χ2n) is 4.99. The van der Waals surface area contributed by atoms with Crippen LogP contribution in [0.25, 0.3) is 0 Å². The van der Waals surface area contributed by atoms with Crippen LogP contribution in [0.5, 0.6) is 0 Å². The van der Waals surface area contributed by atoms with E-state index in [-0.39, 0.29) is 6.03 Å². The van der Waals surface area contributed by atoms with Gasteiger partial charge in [-0.05, 0) is 36.8 Å². The number of hydrogen-bond donors (Lipinski definition) is 3. The summed E-state index contributed by atoms with van der Waals surface area (Å²) >= 11 is 0. The summed E-state index contributed by atoms with van der Waals surface area (Å²) in [6, 6.07) is 14.4. The highest BCUT2D eigenvalue weighted by Gasteiger charge is 2.03. The Kier molecular flexibility index (Phi) is 5.57. The fourth-order valence-corrected chi connectivity index (χ4v) is 1.87. The molecular weight excluding hydrogens is 294 g/mol. The van der Waals surface area contributed by atoms with Gasteiger partial charge < -0.3 is 15.4 Å². The number of anilines is 2. The molecule has 0 aliphatic heterocycles. The van der Waals surface area contributed by atoms with Gasteiger partial charge in [0.05, 0.1) is 7.11 Å². The van der Waals surface area contributed by atoms with Crippen molar-refractivity contribution >= 4 is 23.5 Å². The molecule has 2 aromatic carbocycles. The van der Waals surface area contributed by atoms with Crippen LogP contribution in [0.15, 0.2) is 48.5 Å². The highest BCUT2D eigenvalue weighted by molar-refractivity contribution is 5.89. The Balaban J connectivity index is 1.82. The minimum atomic E-state index is -0.520. The third kappa shape index (κ3) is 5.35. The SMILES string of the molecule is COC(=O)Nc1ccc(CNC(=O)Nc2ccc(C)cc2)cc1. The first-order valence-corrected chi connectivity index (χ1v) is 7.12. The van der Waals surface area contributed by atoms with Gasteiger partial charge in [-0.1, -0.05) is 29.8 Å². The second kappa shape index (κ2) is 7.84. The summed E-state index contributed by atoms with van der Waals surface area (Å²) in [6.07, 6.45) is -0.520. The van der Waals surface area contributed by atoms with E-state index in [1.807, 2.05) is 43.3 Å². The maximum Gasteiger partial charge on any atom is 0.411 e. The molecule has 0 fully saturated rings. The van der Waals surface area contributed by atoms with E-state index in [2.05, 4.69) is 20.7 Å². The molecule has 0 heterocycles. The molecule has 0 aromatic heterocycles. The van der Waals surface area contributed by atoms with Gasteiger partial charge in [0, 0.05) is 17.9 Å².